The van der Waals surface area contributed by atoms with Crippen LogP contribution in [0.3, 0.4) is 0 Å². The number of benzene rings is 2. The predicted octanol–water partition coefficient (Wildman–Crippen LogP) is 3.42. The number of carbonyl (C=O) groups is 2. The Morgan fingerprint density at radius 3 is 2.19 bits per heavy atom. The van der Waals surface area contributed by atoms with Crippen LogP contribution in [0.1, 0.15) is 53.2 Å². The van der Waals surface area contributed by atoms with E-state index in [1.165, 1.54) is 0 Å². The molecule has 10 nitrogen and oxygen atoms in total. The van der Waals surface area contributed by atoms with E-state index in [2.05, 4.69) is 10.1 Å². The van der Waals surface area contributed by atoms with Crippen LogP contribution in [0, 0.1) is 0 Å². The highest BCUT2D eigenvalue weighted by Crippen LogP contribution is 2.50. The molecule has 0 aliphatic carbocycles. The Hall–Kier alpha value is -3.60. The monoisotopic (exact) mass is 494 g/mol. The van der Waals surface area contributed by atoms with E-state index >= 15 is 0 Å². The number of hydrogen-bond donors (Lipinski definition) is 0. The van der Waals surface area contributed by atoms with E-state index < -0.39 is 41.8 Å². The van der Waals surface area contributed by atoms with Crippen molar-refractivity contribution in [2.24, 2.45) is 0 Å². The Labute approximate surface area is 207 Å². The van der Waals surface area contributed by atoms with Gasteiger partial charge in [-0.15, -0.1) is 0 Å². The number of fused-ring (bicyclic) bond motifs is 1. The summed E-state index contributed by atoms with van der Waals surface area (Å²) in [5.74, 6) is -1.89. The minimum Gasteiger partial charge on any atom is -0.459 e. The second-order valence-electron chi connectivity index (χ2n) is 8.93. The molecule has 3 heterocycles. The molecule has 0 amide bonds. The Bertz CT molecular complexity index is 1230. The van der Waals surface area contributed by atoms with Crippen molar-refractivity contribution in [1.29, 1.82) is 0 Å². The normalized spacial score (nSPS) is 26.4. The summed E-state index contributed by atoms with van der Waals surface area (Å²) >= 11 is 0. The van der Waals surface area contributed by atoms with Gasteiger partial charge in [-0.05, 0) is 38.1 Å². The minimum atomic E-state index is -1.72. The number of ether oxygens (including phenoxy) is 5. The van der Waals surface area contributed by atoms with Gasteiger partial charge >= 0.3 is 11.9 Å². The first-order chi connectivity index (χ1) is 17.3. The average Bonchev–Trinajstić information content (AvgIpc) is 3.56. The molecular weight excluding hydrogens is 468 g/mol. The molecule has 188 valence electrons. The number of aromatic nitrogens is 2. The molecule has 10 heteroatoms. The van der Waals surface area contributed by atoms with E-state index in [0.717, 1.165) is 0 Å². The lowest BCUT2D eigenvalue weighted by Gasteiger charge is -2.34. The van der Waals surface area contributed by atoms with Crippen molar-refractivity contribution in [1.82, 2.24) is 10.1 Å². The fraction of sp³-hybridized carbons (Fsp3) is 0.385. The molecule has 2 aliphatic rings. The van der Waals surface area contributed by atoms with Crippen molar-refractivity contribution in [3.05, 3.63) is 83.5 Å². The quantitative estimate of drug-likeness (QED) is 0.452. The molecule has 0 spiro atoms. The van der Waals surface area contributed by atoms with Gasteiger partial charge in [0.2, 0.25) is 17.3 Å². The second kappa shape index (κ2) is 9.45. The number of carbonyl (C=O) groups excluding carboxylic acids is 2. The third kappa shape index (κ3) is 4.39. The molecule has 1 aromatic heterocycles. The van der Waals surface area contributed by atoms with E-state index in [1.807, 2.05) is 6.92 Å². The van der Waals surface area contributed by atoms with Gasteiger partial charge in [0.1, 0.15) is 12.7 Å². The van der Waals surface area contributed by atoms with Crippen LogP contribution in [0.4, 0.5) is 0 Å². The van der Waals surface area contributed by atoms with Gasteiger partial charge in [-0.3, -0.25) is 0 Å². The van der Waals surface area contributed by atoms with Gasteiger partial charge in [0.15, 0.2) is 18.2 Å². The van der Waals surface area contributed by atoms with E-state index in [0.29, 0.717) is 23.4 Å². The third-order valence-electron chi connectivity index (χ3n) is 6.02. The van der Waals surface area contributed by atoms with Crippen LogP contribution >= 0.6 is 0 Å². The smallest absolute Gasteiger partial charge is 0.339 e. The van der Waals surface area contributed by atoms with Crippen LogP contribution < -0.4 is 0 Å². The van der Waals surface area contributed by atoms with Crippen molar-refractivity contribution < 1.29 is 37.8 Å². The summed E-state index contributed by atoms with van der Waals surface area (Å²) in [5.41, 5.74) is -1.05. The van der Waals surface area contributed by atoms with Gasteiger partial charge < -0.3 is 28.2 Å². The zero-order chi connectivity index (χ0) is 25.3. The molecule has 2 aromatic carbocycles. The minimum absolute atomic E-state index is 0.0400. The zero-order valence-corrected chi connectivity index (χ0v) is 20.1. The Kier molecular flexibility index (Phi) is 6.33. The van der Waals surface area contributed by atoms with Crippen LogP contribution in [0.25, 0.3) is 0 Å². The van der Waals surface area contributed by atoms with Gasteiger partial charge in [-0.1, -0.05) is 48.5 Å². The maximum Gasteiger partial charge on any atom is 0.339 e. The van der Waals surface area contributed by atoms with Crippen molar-refractivity contribution >= 4 is 11.9 Å². The van der Waals surface area contributed by atoms with E-state index in [9.17, 15) is 9.59 Å². The van der Waals surface area contributed by atoms with Crippen molar-refractivity contribution in [2.75, 3.05) is 6.61 Å². The topological polar surface area (TPSA) is 119 Å². The summed E-state index contributed by atoms with van der Waals surface area (Å²) in [7, 11) is 0. The SMILES string of the molecule is CCc1nc([C@]2(OC(=O)c3ccccc3)[C@@H](COC(=O)c3ccccc3)O[C@@H]3OC(C)(C)O[C@@H]32)no1. The van der Waals surface area contributed by atoms with Crippen molar-refractivity contribution in [3.63, 3.8) is 0 Å². The summed E-state index contributed by atoms with van der Waals surface area (Å²) in [4.78, 5) is 30.5. The average molecular weight is 495 g/mol. The second-order valence-corrected chi connectivity index (χ2v) is 8.93. The van der Waals surface area contributed by atoms with Crippen molar-refractivity contribution in [2.45, 2.75) is 57.1 Å². The molecule has 5 rings (SSSR count). The lowest BCUT2D eigenvalue weighted by Crippen LogP contribution is -2.52. The lowest BCUT2D eigenvalue weighted by molar-refractivity contribution is -0.236. The molecule has 36 heavy (non-hydrogen) atoms. The maximum absolute atomic E-state index is 13.3. The Morgan fingerprint density at radius 2 is 1.58 bits per heavy atom. The van der Waals surface area contributed by atoms with Crippen LogP contribution in [0.2, 0.25) is 0 Å². The third-order valence-corrected chi connectivity index (χ3v) is 6.02. The Morgan fingerprint density at radius 1 is 0.944 bits per heavy atom. The molecule has 2 fully saturated rings. The highest BCUT2D eigenvalue weighted by molar-refractivity contribution is 5.90. The first-order valence-electron chi connectivity index (χ1n) is 11.7. The summed E-state index contributed by atoms with van der Waals surface area (Å²) in [6, 6.07) is 17.0. The first kappa shape index (κ1) is 24.1. The number of esters is 2. The van der Waals surface area contributed by atoms with E-state index in [-0.39, 0.29) is 12.4 Å². The zero-order valence-electron chi connectivity index (χ0n) is 20.1. The fourth-order valence-electron chi connectivity index (χ4n) is 4.32. The molecule has 0 unspecified atom stereocenters. The largest absolute Gasteiger partial charge is 0.459 e. The highest BCUT2D eigenvalue weighted by atomic mass is 16.8. The van der Waals surface area contributed by atoms with Gasteiger partial charge in [-0.25, -0.2) is 9.59 Å². The van der Waals surface area contributed by atoms with Crippen LogP contribution in [-0.4, -0.2) is 53.0 Å². The summed E-state index contributed by atoms with van der Waals surface area (Å²) in [5, 5.41) is 4.11. The molecular formula is C26H26N2O8. The number of nitrogens with zero attached hydrogens (tertiary/aromatic N) is 2. The van der Waals surface area contributed by atoms with E-state index in [4.69, 9.17) is 28.2 Å². The number of hydrogen-bond acceptors (Lipinski definition) is 10. The summed E-state index contributed by atoms with van der Waals surface area (Å²) in [6.07, 6.45) is -2.48. The predicted molar refractivity (Wildman–Crippen MR) is 123 cm³/mol. The summed E-state index contributed by atoms with van der Waals surface area (Å²) < 4.78 is 35.3. The van der Waals surface area contributed by atoms with Gasteiger partial charge in [0.25, 0.3) is 0 Å². The van der Waals surface area contributed by atoms with Crippen LogP contribution in [-0.2, 0) is 35.7 Å². The van der Waals surface area contributed by atoms with Crippen LogP contribution in [0.5, 0.6) is 0 Å². The fourth-order valence-corrected chi connectivity index (χ4v) is 4.32. The maximum atomic E-state index is 13.3. The molecule has 2 aliphatic heterocycles. The van der Waals surface area contributed by atoms with Gasteiger partial charge in [-0.2, -0.15) is 4.98 Å². The molecule has 0 radical (unpaired) electrons. The van der Waals surface area contributed by atoms with Crippen LogP contribution in [0.15, 0.2) is 65.2 Å². The molecule has 4 atom stereocenters. The molecule has 0 N–H and O–H groups in total. The molecule has 0 bridgehead atoms. The first-order valence-corrected chi connectivity index (χ1v) is 11.7. The number of aryl methyl sites for hydroxylation is 1. The molecule has 2 saturated heterocycles. The van der Waals surface area contributed by atoms with Gasteiger partial charge in [0, 0.05) is 6.42 Å². The molecule has 3 aromatic rings. The lowest BCUT2D eigenvalue weighted by atomic mass is 9.91. The molecule has 0 saturated carbocycles. The summed E-state index contributed by atoms with van der Waals surface area (Å²) in [6.45, 7) is 5.00. The Balaban J connectivity index is 1.53. The van der Waals surface area contributed by atoms with Crippen molar-refractivity contribution in [3.8, 4) is 0 Å². The van der Waals surface area contributed by atoms with E-state index in [1.54, 1.807) is 74.5 Å². The van der Waals surface area contributed by atoms with Gasteiger partial charge in [0.05, 0.1) is 11.1 Å². The number of rotatable bonds is 7. The standard InChI is InChI=1S/C26H26N2O8/c1-4-19-27-24(28-36-19)26(34-22(30)17-13-9-6-10-14-17)18(32-23-20(26)33-25(2,3)35-23)15-31-21(29)16-11-7-5-8-12-16/h5-14,18,20,23H,4,15H2,1-3H3/t18-,20+,23-,26+/m1/s1. The highest BCUT2D eigenvalue weighted by Gasteiger charge is 2.69.